The van der Waals surface area contributed by atoms with Crippen LogP contribution in [0.15, 0.2) is 18.2 Å². The van der Waals surface area contributed by atoms with Crippen molar-refractivity contribution in [3.63, 3.8) is 0 Å². The molecule has 0 aliphatic heterocycles. The van der Waals surface area contributed by atoms with Crippen molar-refractivity contribution in [2.24, 2.45) is 0 Å². The summed E-state index contributed by atoms with van der Waals surface area (Å²) in [6, 6.07) is 5.38. The fourth-order valence-electron chi connectivity index (χ4n) is 1.29. The quantitative estimate of drug-likeness (QED) is 0.700. The summed E-state index contributed by atoms with van der Waals surface area (Å²) in [5.74, 6) is 0.592. The van der Waals surface area contributed by atoms with Gasteiger partial charge in [-0.2, -0.15) is 0 Å². The first-order chi connectivity index (χ1) is 7.26. The zero-order valence-corrected chi connectivity index (χ0v) is 10.00. The molecule has 1 rings (SSSR count). The van der Waals surface area contributed by atoms with Gasteiger partial charge in [-0.15, -0.1) is 0 Å². The molecule has 0 atom stereocenters. The maximum Gasteiger partial charge on any atom is 0.214 e. The van der Waals surface area contributed by atoms with Crippen LogP contribution >= 0.6 is 11.6 Å². The normalized spacial score (nSPS) is 10.7. The van der Waals surface area contributed by atoms with Crippen molar-refractivity contribution in [2.45, 2.75) is 13.8 Å². The van der Waals surface area contributed by atoms with E-state index in [-0.39, 0.29) is 0 Å². The summed E-state index contributed by atoms with van der Waals surface area (Å²) in [6.07, 6.45) is 0. The third kappa shape index (κ3) is 4.49. The zero-order valence-electron chi connectivity index (χ0n) is 9.24. The van der Waals surface area contributed by atoms with Crippen molar-refractivity contribution < 1.29 is 4.74 Å². The van der Waals surface area contributed by atoms with Crippen molar-refractivity contribution in [1.82, 2.24) is 9.88 Å². The maximum absolute atomic E-state index is 5.74. The smallest absolute Gasteiger partial charge is 0.214 e. The molecule has 1 aromatic rings. The van der Waals surface area contributed by atoms with Gasteiger partial charge in [-0.1, -0.05) is 31.5 Å². The molecule has 0 aliphatic rings. The molecule has 1 aromatic heterocycles. The molecule has 1 heterocycles. The molecule has 0 aliphatic carbocycles. The topological polar surface area (TPSA) is 25.4 Å². The molecule has 0 unspecified atom stereocenters. The van der Waals surface area contributed by atoms with Crippen LogP contribution in [0.2, 0.25) is 5.15 Å². The van der Waals surface area contributed by atoms with E-state index in [0.29, 0.717) is 17.6 Å². The van der Waals surface area contributed by atoms with Gasteiger partial charge >= 0.3 is 0 Å². The lowest BCUT2D eigenvalue weighted by molar-refractivity contribution is 0.218. The highest BCUT2D eigenvalue weighted by atomic mass is 35.5. The van der Waals surface area contributed by atoms with Crippen LogP contribution in [0.25, 0.3) is 0 Å². The largest absolute Gasteiger partial charge is 0.476 e. The summed E-state index contributed by atoms with van der Waals surface area (Å²) in [5, 5.41) is 0.468. The fraction of sp³-hybridized carbons (Fsp3) is 0.545. The number of hydrogen-bond donors (Lipinski definition) is 0. The summed E-state index contributed by atoms with van der Waals surface area (Å²) in [5.41, 5.74) is 0. The standard InChI is InChI=1S/C11H17ClN2O/c1-3-14(4-2)8-9-15-11-7-5-6-10(12)13-11/h5-7H,3-4,8-9H2,1-2H3. The van der Waals surface area contributed by atoms with Crippen molar-refractivity contribution in [3.05, 3.63) is 23.4 Å². The van der Waals surface area contributed by atoms with E-state index >= 15 is 0 Å². The Morgan fingerprint density at radius 1 is 1.33 bits per heavy atom. The van der Waals surface area contributed by atoms with Crippen LogP contribution in [0.3, 0.4) is 0 Å². The number of pyridine rings is 1. The lowest BCUT2D eigenvalue weighted by Crippen LogP contribution is -2.28. The Bertz CT molecular complexity index is 290. The molecular weight excluding hydrogens is 212 g/mol. The minimum atomic E-state index is 0.468. The van der Waals surface area contributed by atoms with Crippen LogP contribution in [0.1, 0.15) is 13.8 Å². The Hall–Kier alpha value is -0.800. The molecule has 15 heavy (non-hydrogen) atoms. The van der Waals surface area contributed by atoms with Gasteiger partial charge in [0.1, 0.15) is 11.8 Å². The molecule has 3 nitrogen and oxygen atoms in total. The molecule has 0 spiro atoms. The third-order valence-corrected chi connectivity index (χ3v) is 2.45. The van der Waals surface area contributed by atoms with Gasteiger partial charge in [-0.25, -0.2) is 4.98 Å². The van der Waals surface area contributed by atoms with Crippen LogP contribution in [-0.2, 0) is 0 Å². The van der Waals surface area contributed by atoms with E-state index in [1.165, 1.54) is 0 Å². The van der Waals surface area contributed by atoms with Crippen molar-refractivity contribution >= 4 is 11.6 Å². The van der Waals surface area contributed by atoms with Gasteiger partial charge in [0, 0.05) is 12.6 Å². The summed E-state index contributed by atoms with van der Waals surface area (Å²) < 4.78 is 5.48. The predicted molar refractivity (Wildman–Crippen MR) is 62.5 cm³/mol. The first kappa shape index (κ1) is 12.3. The van der Waals surface area contributed by atoms with E-state index in [4.69, 9.17) is 16.3 Å². The number of nitrogens with zero attached hydrogens (tertiary/aromatic N) is 2. The number of likely N-dealkylation sites (N-methyl/N-ethyl adjacent to an activating group) is 1. The lowest BCUT2D eigenvalue weighted by Gasteiger charge is -2.17. The molecule has 0 amide bonds. The van der Waals surface area contributed by atoms with Gasteiger partial charge in [-0.05, 0) is 19.2 Å². The van der Waals surface area contributed by atoms with E-state index in [2.05, 4.69) is 23.7 Å². The molecule has 0 aromatic carbocycles. The molecule has 0 fully saturated rings. The van der Waals surface area contributed by atoms with E-state index in [0.717, 1.165) is 19.6 Å². The van der Waals surface area contributed by atoms with E-state index in [1.807, 2.05) is 12.1 Å². The SMILES string of the molecule is CCN(CC)CCOc1cccc(Cl)n1. The van der Waals surface area contributed by atoms with Crippen LogP contribution in [0.4, 0.5) is 0 Å². The predicted octanol–water partition coefficient (Wildman–Crippen LogP) is 2.46. The second-order valence-corrected chi connectivity index (χ2v) is 3.56. The minimum Gasteiger partial charge on any atom is -0.476 e. The van der Waals surface area contributed by atoms with Gasteiger partial charge in [0.05, 0.1) is 0 Å². The number of hydrogen-bond acceptors (Lipinski definition) is 3. The Labute approximate surface area is 96.0 Å². The average molecular weight is 229 g/mol. The van der Waals surface area contributed by atoms with Crippen LogP contribution < -0.4 is 4.74 Å². The first-order valence-corrected chi connectivity index (χ1v) is 5.61. The lowest BCUT2D eigenvalue weighted by atomic mass is 10.5. The minimum absolute atomic E-state index is 0.468. The van der Waals surface area contributed by atoms with E-state index < -0.39 is 0 Å². The van der Waals surface area contributed by atoms with Gasteiger partial charge in [0.15, 0.2) is 0 Å². The summed E-state index contributed by atoms with van der Waals surface area (Å²) in [4.78, 5) is 6.34. The second kappa shape index (κ2) is 6.64. The molecule has 0 bridgehead atoms. The van der Waals surface area contributed by atoms with Crippen LogP contribution in [0, 0.1) is 0 Å². The van der Waals surface area contributed by atoms with Gasteiger partial charge in [-0.3, -0.25) is 0 Å². The highest BCUT2D eigenvalue weighted by Crippen LogP contribution is 2.10. The number of rotatable bonds is 6. The highest BCUT2D eigenvalue weighted by molar-refractivity contribution is 6.29. The Morgan fingerprint density at radius 3 is 2.67 bits per heavy atom. The van der Waals surface area contributed by atoms with Crippen molar-refractivity contribution in [3.8, 4) is 5.88 Å². The number of halogens is 1. The first-order valence-electron chi connectivity index (χ1n) is 5.24. The summed E-state index contributed by atoms with van der Waals surface area (Å²) in [7, 11) is 0. The van der Waals surface area contributed by atoms with Crippen molar-refractivity contribution in [1.29, 1.82) is 0 Å². The van der Waals surface area contributed by atoms with Crippen LogP contribution in [0.5, 0.6) is 5.88 Å². The fourth-order valence-corrected chi connectivity index (χ4v) is 1.45. The van der Waals surface area contributed by atoms with Gasteiger partial charge < -0.3 is 9.64 Å². The Balaban J connectivity index is 2.31. The molecule has 4 heteroatoms. The molecule has 0 saturated carbocycles. The molecule has 84 valence electrons. The number of ether oxygens (including phenoxy) is 1. The molecule has 0 radical (unpaired) electrons. The number of aromatic nitrogens is 1. The Morgan fingerprint density at radius 2 is 2.07 bits per heavy atom. The van der Waals surface area contributed by atoms with Gasteiger partial charge in [0.2, 0.25) is 5.88 Å². The third-order valence-electron chi connectivity index (χ3n) is 2.24. The molecular formula is C11H17ClN2O. The van der Waals surface area contributed by atoms with E-state index in [9.17, 15) is 0 Å². The van der Waals surface area contributed by atoms with Crippen LogP contribution in [-0.4, -0.2) is 36.1 Å². The summed E-state index contributed by atoms with van der Waals surface area (Å²) >= 11 is 5.74. The zero-order chi connectivity index (χ0) is 11.1. The monoisotopic (exact) mass is 228 g/mol. The molecule has 0 saturated heterocycles. The second-order valence-electron chi connectivity index (χ2n) is 3.17. The maximum atomic E-state index is 5.74. The average Bonchev–Trinajstić information content (AvgIpc) is 2.25. The van der Waals surface area contributed by atoms with Gasteiger partial charge in [0.25, 0.3) is 0 Å². The molecule has 0 N–H and O–H groups in total. The van der Waals surface area contributed by atoms with E-state index in [1.54, 1.807) is 6.07 Å². The Kier molecular flexibility index (Phi) is 5.43. The summed E-state index contributed by atoms with van der Waals surface area (Å²) in [6.45, 7) is 7.93. The van der Waals surface area contributed by atoms with Crippen molar-refractivity contribution in [2.75, 3.05) is 26.2 Å². The highest BCUT2D eigenvalue weighted by Gasteiger charge is 2.00.